The Morgan fingerprint density at radius 3 is 2.50 bits per heavy atom. The Labute approximate surface area is 85.6 Å². The molecule has 0 saturated heterocycles. The van der Waals surface area contributed by atoms with E-state index in [1.165, 1.54) is 7.11 Å². The summed E-state index contributed by atoms with van der Waals surface area (Å²) in [5.41, 5.74) is -0.617. The van der Waals surface area contributed by atoms with E-state index in [4.69, 9.17) is 5.11 Å². The summed E-state index contributed by atoms with van der Waals surface area (Å²) < 4.78 is 4.65. The molecule has 2 N–H and O–H groups in total. The first kappa shape index (κ1) is 13.4. The summed E-state index contributed by atoms with van der Waals surface area (Å²) >= 11 is 0. The summed E-state index contributed by atoms with van der Waals surface area (Å²) in [5.74, 6) is -0.250. The average molecular weight is 203 g/mol. The molecule has 0 radical (unpaired) electrons. The van der Waals surface area contributed by atoms with Crippen LogP contribution < -0.4 is 5.32 Å². The number of aliphatic hydroxyl groups is 1. The second kappa shape index (κ2) is 6.79. The van der Waals surface area contributed by atoms with Crippen LogP contribution in [0, 0.1) is 0 Å². The van der Waals surface area contributed by atoms with E-state index < -0.39 is 5.54 Å². The zero-order chi connectivity index (χ0) is 11.0. The molecule has 0 aromatic rings. The van der Waals surface area contributed by atoms with Crippen molar-refractivity contribution < 1.29 is 14.6 Å². The minimum absolute atomic E-state index is 0.237. The molecule has 0 aliphatic carbocycles. The average Bonchev–Trinajstić information content (AvgIpc) is 2.16. The number of carbonyl (C=O) groups excluding carboxylic acids is 1. The van der Waals surface area contributed by atoms with Crippen LogP contribution in [0.15, 0.2) is 0 Å². The van der Waals surface area contributed by atoms with Crippen molar-refractivity contribution in [2.45, 2.75) is 38.6 Å². The summed E-state index contributed by atoms with van der Waals surface area (Å²) in [6, 6.07) is 0. The van der Waals surface area contributed by atoms with Gasteiger partial charge in [-0.05, 0) is 39.7 Å². The van der Waals surface area contributed by atoms with Gasteiger partial charge in [-0.1, -0.05) is 0 Å². The first-order chi connectivity index (χ1) is 6.54. The van der Waals surface area contributed by atoms with Crippen molar-refractivity contribution in [2.75, 3.05) is 20.3 Å². The van der Waals surface area contributed by atoms with Gasteiger partial charge in [-0.3, -0.25) is 4.79 Å². The highest BCUT2D eigenvalue weighted by molar-refractivity contribution is 5.79. The van der Waals surface area contributed by atoms with Gasteiger partial charge in [0.05, 0.1) is 7.11 Å². The molecule has 14 heavy (non-hydrogen) atoms. The van der Waals surface area contributed by atoms with Crippen LogP contribution in [0.25, 0.3) is 0 Å². The lowest BCUT2D eigenvalue weighted by Gasteiger charge is -2.22. The van der Waals surface area contributed by atoms with Crippen molar-refractivity contribution in [3.8, 4) is 0 Å². The lowest BCUT2D eigenvalue weighted by Crippen LogP contribution is -2.47. The van der Waals surface area contributed by atoms with E-state index in [-0.39, 0.29) is 12.6 Å². The predicted molar refractivity (Wildman–Crippen MR) is 55.0 cm³/mol. The largest absolute Gasteiger partial charge is 0.468 e. The molecule has 4 nitrogen and oxygen atoms in total. The molecule has 0 aromatic carbocycles. The lowest BCUT2D eigenvalue weighted by atomic mass is 10.1. The van der Waals surface area contributed by atoms with Crippen molar-refractivity contribution in [3.63, 3.8) is 0 Å². The van der Waals surface area contributed by atoms with Gasteiger partial charge in [0.15, 0.2) is 0 Å². The SMILES string of the molecule is COC(=O)C(C)(C)NCCCCCO. The number of aliphatic hydroxyl groups excluding tert-OH is 1. The van der Waals surface area contributed by atoms with Gasteiger partial charge in [0, 0.05) is 6.61 Å². The van der Waals surface area contributed by atoms with E-state index in [0.29, 0.717) is 0 Å². The van der Waals surface area contributed by atoms with Crippen molar-refractivity contribution in [2.24, 2.45) is 0 Å². The van der Waals surface area contributed by atoms with E-state index in [1.54, 1.807) is 13.8 Å². The first-order valence-corrected chi connectivity index (χ1v) is 4.99. The third kappa shape index (κ3) is 5.19. The van der Waals surface area contributed by atoms with Gasteiger partial charge in [0.2, 0.25) is 0 Å². The van der Waals surface area contributed by atoms with Crippen LogP contribution >= 0.6 is 0 Å². The van der Waals surface area contributed by atoms with Crippen molar-refractivity contribution in [3.05, 3.63) is 0 Å². The number of nitrogens with one attached hydrogen (secondary N) is 1. The molecule has 0 unspecified atom stereocenters. The zero-order valence-electron chi connectivity index (χ0n) is 9.30. The summed E-state index contributed by atoms with van der Waals surface area (Å²) in [6.07, 6.45) is 2.75. The fourth-order valence-corrected chi connectivity index (χ4v) is 1.14. The number of unbranched alkanes of at least 4 members (excludes halogenated alkanes) is 2. The normalized spacial score (nSPS) is 11.4. The molecule has 4 heteroatoms. The Morgan fingerprint density at radius 2 is 2.00 bits per heavy atom. The number of esters is 1. The maximum absolute atomic E-state index is 11.2. The topological polar surface area (TPSA) is 58.6 Å². The van der Waals surface area contributed by atoms with Gasteiger partial charge in [-0.25, -0.2) is 0 Å². The highest BCUT2D eigenvalue weighted by Crippen LogP contribution is 2.04. The van der Waals surface area contributed by atoms with E-state index >= 15 is 0 Å². The Bertz CT molecular complexity index is 169. The van der Waals surface area contributed by atoms with E-state index in [2.05, 4.69) is 10.1 Å². The molecule has 0 spiro atoms. The van der Waals surface area contributed by atoms with Crippen molar-refractivity contribution in [1.82, 2.24) is 5.32 Å². The summed E-state index contributed by atoms with van der Waals surface area (Å²) in [4.78, 5) is 11.2. The van der Waals surface area contributed by atoms with E-state index in [9.17, 15) is 4.79 Å². The fraction of sp³-hybridized carbons (Fsp3) is 0.900. The Morgan fingerprint density at radius 1 is 1.36 bits per heavy atom. The monoisotopic (exact) mass is 203 g/mol. The Balaban J connectivity index is 3.60. The molecule has 0 heterocycles. The second-order valence-corrected chi connectivity index (χ2v) is 3.83. The molecule has 0 aromatic heterocycles. The quantitative estimate of drug-likeness (QED) is 0.472. The number of methoxy groups -OCH3 is 1. The number of ether oxygens (including phenoxy) is 1. The van der Waals surface area contributed by atoms with Crippen LogP contribution in [0.3, 0.4) is 0 Å². The van der Waals surface area contributed by atoms with E-state index in [0.717, 1.165) is 25.8 Å². The molecule has 0 rings (SSSR count). The van der Waals surface area contributed by atoms with Gasteiger partial charge < -0.3 is 15.2 Å². The van der Waals surface area contributed by atoms with Crippen molar-refractivity contribution in [1.29, 1.82) is 0 Å². The van der Waals surface area contributed by atoms with Crippen molar-refractivity contribution >= 4 is 5.97 Å². The van der Waals surface area contributed by atoms with E-state index in [1.807, 2.05) is 0 Å². The highest BCUT2D eigenvalue weighted by Gasteiger charge is 2.27. The van der Waals surface area contributed by atoms with Gasteiger partial charge in [0.1, 0.15) is 5.54 Å². The molecular weight excluding hydrogens is 182 g/mol. The van der Waals surface area contributed by atoms with Crippen LogP contribution in [-0.4, -0.2) is 36.9 Å². The molecular formula is C10H21NO3. The van der Waals surface area contributed by atoms with Crippen LogP contribution in [-0.2, 0) is 9.53 Å². The molecule has 0 saturated carbocycles. The minimum atomic E-state index is -0.617. The number of rotatable bonds is 7. The molecule has 0 atom stereocenters. The minimum Gasteiger partial charge on any atom is -0.468 e. The summed E-state index contributed by atoms with van der Waals surface area (Å²) in [6.45, 7) is 4.60. The molecule has 0 amide bonds. The Hall–Kier alpha value is -0.610. The van der Waals surface area contributed by atoms with Gasteiger partial charge in [-0.2, -0.15) is 0 Å². The smallest absolute Gasteiger partial charge is 0.325 e. The molecule has 0 bridgehead atoms. The van der Waals surface area contributed by atoms with Crippen LogP contribution in [0.4, 0.5) is 0 Å². The highest BCUT2D eigenvalue weighted by atomic mass is 16.5. The predicted octanol–water partition coefficient (Wildman–Crippen LogP) is 0.690. The first-order valence-electron chi connectivity index (χ1n) is 4.99. The fourth-order valence-electron chi connectivity index (χ4n) is 1.14. The maximum Gasteiger partial charge on any atom is 0.325 e. The number of hydrogen-bond acceptors (Lipinski definition) is 4. The van der Waals surface area contributed by atoms with Gasteiger partial charge >= 0.3 is 5.97 Å². The van der Waals surface area contributed by atoms with Gasteiger partial charge in [0.25, 0.3) is 0 Å². The zero-order valence-corrected chi connectivity index (χ0v) is 9.30. The van der Waals surface area contributed by atoms with Crippen LogP contribution in [0.1, 0.15) is 33.1 Å². The molecule has 0 aliphatic heterocycles. The molecule has 0 aliphatic rings. The maximum atomic E-state index is 11.2. The molecule has 0 fully saturated rings. The Kier molecular flexibility index (Phi) is 6.49. The molecule has 84 valence electrons. The third-order valence-corrected chi connectivity index (χ3v) is 2.10. The summed E-state index contributed by atoms with van der Waals surface area (Å²) in [7, 11) is 1.39. The van der Waals surface area contributed by atoms with Crippen LogP contribution in [0.2, 0.25) is 0 Å². The summed E-state index contributed by atoms with van der Waals surface area (Å²) in [5, 5.41) is 11.7. The standard InChI is InChI=1S/C10H21NO3/c1-10(2,9(13)14-3)11-7-5-4-6-8-12/h11-12H,4-8H2,1-3H3. The van der Waals surface area contributed by atoms with Gasteiger partial charge in [-0.15, -0.1) is 0 Å². The third-order valence-electron chi connectivity index (χ3n) is 2.10. The lowest BCUT2D eigenvalue weighted by molar-refractivity contribution is -0.147. The number of carbonyl (C=O) groups is 1. The van der Waals surface area contributed by atoms with Crippen LogP contribution in [0.5, 0.6) is 0 Å². The number of hydrogen-bond donors (Lipinski definition) is 2. The second-order valence-electron chi connectivity index (χ2n) is 3.83.